The number of aliphatic carboxylic acids is 1. The number of aryl methyl sites for hydroxylation is 1. The van der Waals surface area contributed by atoms with Crippen LogP contribution >= 0.6 is 11.3 Å². The number of carboxylic acids is 1. The third kappa shape index (κ3) is 3.59. The molecule has 1 aliphatic carbocycles. The van der Waals surface area contributed by atoms with E-state index in [1.54, 1.807) is 0 Å². The fourth-order valence-electron chi connectivity index (χ4n) is 2.05. The lowest BCUT2D eigenvalue weighted by atomic mass is 9.91. The van der Waals surface area contributed by atoms with E-state index in [-0.39, 0.29) is 6.54 Å². The van der Waals surface area contributed by atoms with Crippen LogP contribution < -0.4 is 5.32 Å². The molecule has 0 bridgehead atoms. The number of fused-ring (bicyclic) bond motifs is 1. The first-order valence-corrected chi connectivity index (χ1v) is 6.71. The zero-order valence-corrected chi connectivity index (χ0v) is 10.8. The van der Waals surface area contributed by atoms with E-state index in [1.165, 1.54) is 11.3 Å². The smallest absolute Gasteiger partial charge is 0.390 e. The summed E-state index contributed by atoms with van der Waals surface area (Å²) in [6.07, 6.45) is -3.08. The molecule has 0 radical (unpaired) electrons. The molecule has 8 heteroatoms. The summed E-state index contributed by atoms with van der Waals surface area (Å²) in [5, 5.41) is 12.1. The summed E-state index contributed by atoms with van der Waals surface area (Å²) in [5.74, 6) is -1.55. The number of hydrogen-bond donors (Lipinski definition) is 2. The molecular formula is C11H13F3N2O2S. The van der Waals surface area contributed by atoms with Crippen LogP contribution in [0.4, 0.5) is 18.3 Å². The van der Waals surface area contributed by atoms with Crippen molar-refractivity contribution >= 4 is 22.4 Å². The molecule has 0 saturated carbocycles. The third-order valence-electron chi connectivity index (χ3n) is 2.94. The molecule has 1 aliphatic rings. The van der Waals surface area contributed by atoms with E-state index >= 15 is 0 Å². The number of alkyl halides is 3. The topological polar surface area (TPSA) is 62.2 Å². The van der Waals surface area contributed by atoms with E-state index in [2.05, 4.69) is 10.3 Å². The number of nitrogens with zero attached hydrogens (tertiary/aromatic N) is 1. The molecule has 106 valence electrons. The Morgan fingerprint density at radius 1 is 1.53 bits per heavy atom. The number of thiazole rings is 1. The number of aromatic nitrogens is 1. The van der Waals surface area contributed by atoms with Gasteiger partial charge in [0, 0.05) is 11.4 Å². The molecule has 2 rings (SSSR count). The average molecular weight is 294 g/mol. The van der Waals surface area contributed by atoms with E-state index in [9.17, 15) is 18.0 Å². The number of halogens is 3. The standard InChI is InChI=1S/C11H13F3N2O2S/c12-11(13,14)4-5-15-10-16-8-6(9(17)18)2-1-3-7(8)19-10/h6H,1-5H2,(H,15,16)(H,17,18). The average Bonchev–Trinajstić information content (AvgIpc) is 2.68. The lowest BCUT2D eigenvalue weighted by Crippen LogP contribution is -2.17. The lowest BCUT2D eigenvalue weighted by Gasteiger charge is -2.16. The molecule has 0 amide bonds. The summed E-state index contributed by atoms with van der Waals surface area (Å²) < 4.78 is 36.1. The zero-order valence-electron chi connectivity index (χ0n) is 9.96. The molecule has 0 spiro atoms. The highest BCUT2D eigenvalue weighted by Crippen LogP contribution is 2.36. The number of anilines is 1. The van der Waals surface area contributed by atoms with Gasteiger partial charge in [-0.3, -0.25) is 4.79 Å². The van der Waals surface area contributed by atoms with E-state index in [0.29, 0.717) is 17.2 Å². The summed E-state index contributed by atoms with van der Waals surface area (Å²) in [7, 11) is 0. The summed E-state index contributed by atoms with van der Waals surface area (Å²) in [6, 6.07) is 0. The Hall–Kier alpha value is -1.31. The second-order valence-corrected chi connectivity index (χ2v) is 5.49. The SMILES string of the molecule is O=C(O)C1CCCc2sc(NCCC(F)(F)F)nc21. The molecule has 0 aromatic carbocycles. The number of rotatable bonds is 4. The maximum atomic E-state index is 12.0. The first-order valence-electron chi connectivity index (χ1n) is 5.90. The van der Waals surface area contributed by atoms with Gasteiger partial charge in [0.15, 0.2) is 5.13 Å². The second-order valence-electron chi connectivity index (χ2n) is 4.40. The highest BCUT2D eigenvalue weighted by molar-refractivity contribution is 7.15. The normalized spacial score (nSPS) is 19.0. The minimum atomic E-state index is -4.20. The highest BCUT2D eigenvalue weighted by Gasteiger charge is 2.30. The van der Waals surface area contributed by atoms with Crippen molar-refractivity contribution in [2.24, 2.45) is 0 Å². The molecule has 1 atom stereocenters. The summed E-state index contributed by atoms with van der Waals surface area (Å²) in [4.78, 5) is 16.1. The molecule has 1 aromatic heterocycles. The van der Waals surface area contributed by atoms with Crippen LogP contribution in [0.1, 0.15) is 35.8 Å². The first-order chi connectivity index (χ1) is 8.87. The Morgan fingerprint density at radius 2 is 2.26 bits per heavy atom. The van der Waals surface area contributed by atoms with Crippen LogP contribution in [0.2, 0.25) is 0 Å². The Morgan fingerprint density at radius 3 is 2.89 bits per heavy atom. The van der Waals surface area contributed by atoms with Crippen LogP contribution in [0.3, 0.4) is 0 Å². The van der Waals surface area contributed by atoms with Crippen molar-refractivity contribution in [1.29, 1.82) is 0 Å². The van der Waals surface area contributed by atoms with Crippen LogP contribution in [0, 0.1) is 0 Å². The molecule has 1 aromatic rings. The minimum absolute atomic E-state index is 0.242. The van der Waals surface area contributed by atoms with Crippen LogP contribution in [-0.2, 0) is 11.2 Å². The molecule has 0 aliphatic heterocycles. The Kier molecular flexibility index (Phi) is 3.98. The van der Waals surface area contributed by atoms with Gasteiger partial charge in [-0.15, -0.1) is 11.3 Å². The second kappa shape index (κ2) is 5.36. The van der Waals surface area contributed by atoms with Crippen molar-refractivity contribution in [3.8, 4) is 0 Å². The van der Waals surface area contributed by atoms with Gasteiger partial charge in [-0.1, -0.05) is 0 Å². The van der Waals surface area contributed by atoms with Crippen molar-refractivity contribution in [3.05, 3.63) is 10.6 Å². The third-order valence-corrected chi connectivity index (χ3v) is 4.03. The summed E-state index contributed by atoms with van der Waals surface area (Å²) in [5.41, 5.74) is 0.512. The minimum Gasteiger partial charge on any atom is -0.481 e. The molecule has 1 unspecified atom stereocenters. The number of nitrogens with one attached hydrogen (secondary N) is 1. The van der Waals surface area contributed by atoms with E-state index in [4.69, 9.17) is 5.11 Å². The van der Waals surface area contributed by atoms with Crippen LogP contribution in [-0.4, -0.2) is 28.8 Å². The zero-order chi connectivity index (χ0) is 14.0. The fraction of sp³-hybridized carbons (Fsp3) is 0.636. The highest BCUT2D eigenvalue weighted by atomic mass is 32.1. The molecule has 1 heterocycles. The first kappa shape index (κ1) is 14.1. The molecule has 4 nitrogen and oxygen atoms in total. The Bertz CT molecular complexity index is 473. The molecule has 19 heavy (non-hydrogen) atoms. The van der Waals surface area contributed by atoms with Gasteiger partial charge >= 0.3 is 12.1 Å². The van der Waals surface area contributed by atoms with E-state index in [0.717, 1.165) is 17.7 Å². The number of carbonyl (C=O) groups is 1. The monoisotopic (exact) mass is 294 g/mol. The molecule has 2 N–H and O–H groups in total. The van der Waals surface area contributed by atoms with E-state index in [1.807, 2.05) is 0 Å². The maximum absolute atomic E-state index is 12.0. The molecular weight excluding hydrogens is 281 g/mol. The quantitative estimate of drug-likeness (QED) is 0.896. The van der Waals surface area contributed by atoms with Gasteiger partial charge in [-0.25, -0.2) is 4.98 Å². The lowest BCUT2D eigenvalue weighted by molar-refractivity contribution is -0.139. The van der Waals surface area contributed by atoms with Gasteiger partial charge in [0.25, 0.3) is 0 Å². The van der Waals surface area contributed by atoms with Crippen molar-refractivity contribution in [1.82, 2.24) is 4.98 Å². The van der Waals surface area contributed by atoms with Crippen LogP contribution in [0.25, 0.3) is 0 Å². The predicted octanol–water partition coefficient (Wildman–Crippen LogP) is 3.01. The number of hydrogen-bond acceptors (Lipinski definition) is 4. The van der Waals surface area contributed by atoms with Crippen molar-refractivity contribution in [2.75, 3.05) is 11.9 Å². The van der Waals surface area contributed by atoms with Crippen molar-refractivity contribution in [2.45, 2.75) is 37.8 Å². The molecule has 0 saturated heterocycles. The van der Waals surface area contributed by atoms with Gasteiger partial charge in [-0.05, 0) is 19.3 Å². The van der Waals surface area contributed by atoms with Gasteiger partial charge in [-0.2, -0.15) is 13.2 Å². The van der Waals surface area contributed by atoms with Gasteiger partial charge in [0.05, 0.1) is 12.1 Å². The van der Waals surface area contributed by atoms with Crippen molar-refractivity contribution < 1.29 is 23.1 Å². The Balaban J connectivity index is 2.03. The maximum Gasteiger partial charge on any atom is 0.390 e. The van der Waals surface area contributed by atoms with Crippen molar-refractivity contribution in [3.63, 3.8) is 0 Å². The summed E-state index contributed by atoms with van der Waals surface area (Å²) >= 11 is 1.25. The number of carboxylic acid groups (broad SMARTS) is 1. The largest absolute Gasteiger partial charge is 0.481 e. The van der Waals surface area contributed by atoms with Crippen LogP contribution in [0.5, 0.6) is 0 Å². The van der Waals surface area contributed by atoms with Crippen LogP contribution in [0.15, 0.2) is 0 Å². The molecule has 0 fully saturated rings. The summed E-state index contributed by atoms with van der Waals surface area (Å²) in [6.45, 7) is -0.242. The predicted molar refractivity (Wildman–Crippen MR) is 64.6 cm³/mol. The van der Waals surface area contributed by atoms with Gasteiger partial charge in [0.1, 0.15) is 5.92 Å². The fourth-order valence-corrected chi connectivity index (χ4v) is 3.14. The van der Waals surface area contributed by atoms with Gasteiger partial charge < -0.3 is 10.4 Å². The van der Waals surface area contributed by atoms with E-state index < -0.39 is 24.5 Å². The van der Waals surface area contributed by atoms with Gasteiger partial charge in [0.2, 0.25) is 0 Å². The Labute approximate surface area is 111 Å².